The lowest BCUT2D eigenvalue weighted by Crippen LogP contribution is -2.57. The van der Waals surface area contributed by atoms with E-state index >= 15 is 0 Å². The number of carbonyl (C=O) groups is 1. The molecule has 0 aromatic heterocycles. The molecule has 3 rings (SSSR count). The van der Waals surface area contributed by atoms with Gasteiger partial charge in [-0.1, -0.05) is 6.92 Å². The third kappa shape index (κ3) is 2.09. The summed E-state index contributed by atoms with van der Waals surface area (Å²) in [5.74, 6) is -0.863. The maximum Gasteiger partial charge on any atom is 0.337 e. The number of aliphatic hydroxyl groups excluding tert-OH is 1. The Morgan fingerprint density at radius 3 is 2.76 bits per heavy atom. The number of fused-ring (bicyclic) bond motifs is 2. The molecule has 0 aromatic carbocycles. The van der Waals surface area contributed by atoms with Crippen molar-refractivity contribution in [2.24, 2.45) is 11.3 Å². The molecule has 5 nitrogen and oxygen atoms in total. The molecule has 3 aliphatic rings. The molecule has 0 unspecified atom stereocenters. The van der Waals surface area contributed by atoms with E-state index in [4.69, 9.17) is 14.2 Å². The summed E-state index contributed by atoms with van der Waals surface area (Å²) in [6.45, 7) is 5.44. The van der Waals surface area contributed by atoms with Crippen molar-refractivity contribution in [2.75, 3.05) is 19.8 Å². The van der Waals surface area contributed by atoms with Gasteiger partial charge in [-0.3, -0.25) is 0 Å². The standard InChI is InChI=1S/C16H24O5/c1-3-19-14(18)13-11-5-4-7-16(20-9-10-21-16)15(11,2)8-6-12(13)17/h11,17H,3-10H2,1-2H3/t11-,15+/m1/s1. The molecular formula is C16H24O5. The van der Waals surface area contributed by atoms with Crippen LogP contribution in [0.2, 0.25) is 0 Å². The van der Waals surface area contributed by atoms with Crippen LogP contribution in [0.15, 0.2) is 11.3 Å². The first-order valence-electron chi connectivity index (χ1n) is 7.91. The number of rotatable bonds is 2. The molecule has 2 atom stereocenters. The van der Waals surface area contributed by atoms with E-state index in [-0.39, 0.29) is 23.1 Å². The van der Waals surface area contributed by atoms with Crippen molar-refractivity contribution in [1.82, 2.24) is 0 Å². The Hall–Kier alpha value is -1.07. The fraction of sp³-hybridized carbons (Fsp3) is 0.812. The number of ether oxygens (including phenoxy) is 3. The topological polar surface area (TPSA) is 65.0 Å². The zero-order chi connectivity index (χ0) is 15.1. The lowest BCUT2D eigenvalue weighted by atomic mass is 9.56. The van der Waals surface area contributed by atoms with Crippen molar-refractivity contribution in [2.45, 2.75) is 51.7 Å². The van der Waals surface area contributed by atoms with Crippen LogP contribution in [0.3, 0.4) is 0 Å². The predicted molar refractivity (Wildman–Crippen MR) is 75.6 cm³/mol. The van der Waals surface area contributed by atoms with Crippen molar-refractivity contribution in [3.05, 3.63) is 11.3 Å². The Balaban J connectivity index is 1.98. The van der Waals surface area contributed by atoms with Gasteiger partial charge in [-0.05, 0) is 26.2 Å². The first-order chi connectivity index (χ1) is 10.0. The van der Waals surface area contributed by atoms with E-state index in [2.05, 4.69) is 6.92 Å². The summed E-state index contributed by atoms with van der Waals surface area (Å²) in [6, 6.07) is 0. The van der Waals surface area contributed by atoms with Gasteiger partial charge in [0.2, 0.25) is 0 Å². The van der Waals surface area contributed by atoms with E-state index in [9.17, 15) is 9.90 Å². The summed E-state index contributed by atoms with van der Waals surface area (Å²) < 4.78 is 17.2. The molecule has 2 aliphatic carbocycles. The lowest BCUT2D eigenvalue weighted by molar-refractivity contribution is -0.268. The number of carbonyl (C=O) groups excluding carboxylic acids is 1. The summed E-state index contributed by atoms with van der Waals surface area (Å²) in [5.41, 5.74) is 0.166. The minimum atomic E-state index is -0.603. The summed E-state index contributed by atoms with van der Waals surface area (Å²) in [4.78, 5) is 12.3. The minimum absolute atomic E-state index is 0.0582. The number of esters is 1. The second-order valence-corrected chi connectivity index (χ2v) is 6.39. The molecular weight excluding hydrogens is 272 g/mol. The van der Waals surface area contributed by atoms with Gasteiger partial charge >= 0.3 is 5.97 Å². The summed E-state index contributed by atoms with van der Waals surface area (Å²) in [6.07, 6.45) is 3.90. The van der Waals surface area contributed by atoms with Crippen LogP contribution in [0.1, 0.15) is 46.0 Å². The maximum atomic E-state index is 12.3. The van der Waals surface area contributed by atoms with Gasteiger partial charge in [-0.2, -0.15) is 0 Å². The average molecular weight is 296 g/mol. The predicted octanol–water partition coefficient (Wildman–Crippen LogP) is 2.70. The zero-order valence-electron chi connectivity index (χ0n) is 12.8. The van der Waals surface area contributed by atoms with Crippen LogP contribution in [0, 0.1) is 11.3 Å². The minimum Gasteiger partial charge on any atom is -0.512 e. The molecule has 0 radical (unpaired) electrons. The highest BCUT2D eigenvalue weighted by atomic mass is 16.7. The maximum absolute atomic E-state index is 12.3. The van der Waals surface area contributed by atoms with Crippen LogP contribution in [-0.4, -0.2) is 36.7 Å². The molecule has 0 amide bonds. The number of aliphatic hydroxyl groups is 1. The van der Waals surface area contributed by atoms with E-state index in [1.54, 1.807) is 6.92 Å². The fourth-order valence-corrected chi connectivity index (χ4v) is 4.35. The highest BCUT2D eigenvalue weighted by molar-refractivity contribution is 5.90. The smallest absolute Gasteiger partial charge is 0.337 e. The molecule has 118 valence electrons. The van der Waals surface area contributed by atoms with Crippen molar-refractivity contribution in [3.8, 4) is 0 Å². The van der Waals surface area contributed by atoms with Gasteiger partial charge in [0, 0.05) is 24.2 Å². The highest BCUT2D eigenvalue weighted by Crippen LogP contribution is 2.59. The van der Waals surface area contributed by atoms with Gasteiger partial charge in [0.25, 0.3) is 0 Å². The third-order valence-electron chi connectivity index (χ3n) is 5.43. The van der Waals surface area contributed by atoms with E-state index in [0.29, 0.717) is 31.8 Å². The normalized spacial score (nSPS) is 34.9. The Morgan fingerprint density at radius 1 is 1.38 bits per heavy atom. The van der Waals surface area contributed by atoms with Crippen molar-refractivity contribution >= 4 is 5.97 Å². The molecule has 0 aromatic rings. The van der Waals surface area contributed by atoms with Crippen molar-refractivity contribution < 1.29 is 24.1 Å². The summed E-state index contributed by atoms with van der Waals surface area (Å²) in [7, 11) is 0. The van der Waals surface area contributed by atoms with Crippen LogP contribution in [0.4, 0.5) is 0 Å². The number of hydrogen-bond acceptors (Lipinski definition) is 5. The van der Waals surface area contributed by atoms with Crippen LogP contribution < -0.4 is 0 Å². The SMILES string of the molecule is CCOC(=O)C1=C(O)CC[C@@]2(C)[C@@H]1CCCC21OCCO1. The molecule has 2 fully saturated rings. The molecule has 1 heterocycles. The van der Waals surface area contributed by atoms with E-state index in [0.717, 1.165) is 25.7 Å². The second kappa shape index (κ2) is 5.29. The molecule has 1 N–H and O–H groups in total. The van der Waals surface area contributed by atoms with Crippen LogP contribution in [0.5, 0.6) is 0 Å². The molecule has 1 saturated carbocycles. The van der Waals surface area contributed by atoms with Gasteiger partial charge in [0.1, 0.15) is 5.76 Å². The summed E-state index contributed by atoms with van der Waals surface area (Å²) >= 11 is 0. The van der Waals surface area contributed by atoms with Gasteiger partial charge < -0.3 is 19.3 Å². The van der Waals surface area contributed by atoms with Gasteiger partial charge in [0.05, 0.1) is 25.4 Å². The molecule has 0 bridgehead atoms. The molecule has 5 heteroatoms. The van der Waals surface area contributed by atoms with Crippen molar-refractivity contribution in [1.29, 1.82) is 0 Å². The molecule has 1 saturated heterocycles. The van der Waals surface area contributed by atoms with Gasteiger partial charge in [-0.15, -0.1) is 0 Å². The molecule has 1 spiro atoms. The largest absolute Gasteiger partial charge is 0.512 e. The average Bonchev–Trinajstić information content (AvgIpc) is 2.92. The first kappa shape index (κ1) is 14.9. The fourth-order valence-electron chi connectivity index (χ4n) is 4.35. The van der Waals surface area contributed by atoms with Gasteiger partial charge in [-0.25, -0.2) is 4.79 Å². The lowest BCUT2D eigenvalue weighted by Gasteiger charge is -2.54. The van der Waals surface area contributed by atoms with E-state index in [1.807, 2.05) is 0 Å². The quantitative estimate of drug-likeness (QED) is 0.794. The number of allylic oxidation sites excluding steroid dienone is 1. The third-order valence-corrected chi connectivity index (χ3v) is 5.43. The second-order valence-electron chi connectivity index (χ2n) is 6.39. The van der Waals surface area contributed by atoms with Gasteiger partial charge in [0.15, 0.2) is 5.79 Å². The number of hydrogen-bond donors (Lipinski definition) is 1. The Morgan fingerprint density at radius 2 is 2.10 bits per heavy atom. The Labute approximate surface area is 125 Å². The van der Waals surface area contributed by atoms with Crippen LogP contribution >= 0.6 is 0 Å². The first-order valence-corrected chi connectivity index (χ1v) is 7.91. The monoisotopic (exact) mass is 296 g/mol. The molecule has 1 aliphatic heterocycles. The van der Waals surface area contributed by atoms with E-state index < -0.39 is 5.79 Å². The molecule has 21 heavy (non-hydrogen) atoms. The zero-order valence-corrected chi connectivity index (χ0v) is 12.8. The Bertz CT molecular complexity index is 463. The summed E-state index contributed by atoms with van der Waals surface area (Å²) in [5, 5.41) is 10.2. The Kier molecular flexibility index (Phi) is 3.74. The highest BCUT2D eigenvalue weighted by Gasteiger charge is 2.61. The van der Waals surface area contributed by atoms with Crippen LogP contribution in [0.25, 0.3) is 0 Å². The van der Waals surface area contributed by atoms with Crippen LogP contribution in [-0.2, 0) is 19.0 Å². The van der Waals surface area contributed by atoms with Crippen molar-refractivity contribution in [3.63, 3.8) is 0 Å². The van der Waals surface area contributed by atoms with E-state index in [1.165, 1.54) is 0 Å².